The largest absolute Gasteiger partial charge is 0.468 e. The summed E-state index contributed by atoms with van der Waals surface area (Å²) in [5.74, 6) is -0.374. The van der Waals surface area contributed by atoms with E-state index in [-0.39, 0.29) is 17.6 Å². The lowest BCUT2D eigenvalue weighted by Gasteiger charge is -2.30. The normalized spacial score (nSPS) is 23.0. The van der Waals surface area contributed by atoms with E-state index in [1.807, 2.05) is 33.8 Å². The van der Waals surface area contributed by atoms with Gasteiger partial charge in [0.15, 0.2) is 0 Å². The van der Waals surface area contributed by atoms with Gasteiger partial charge in [-0.3, -0.25) is 5.32 Å². The molecule has 0 saturated carbocycles. The van der Waals surface area contributed by atoms with E-state index in [0.29, 0.717) is 5.56 Å². The Bertz CT molecular complexity index is 631. The molecule has 2 rings (SSSR count). The smallest absolute Gasteiger partial charge is 0.327 e. The Labute approximate surface area is 137 Å². The second-order valence-corrected chi connectivity index (χ2v) is 7.08. The topological polar surface area (TPSA) is 71.3 Å². The van der Waals surface area contributed by atoms with E-state index in [1.165, 1.54) is 7.11 Å². The van der Waals surface area contributed by atoms with E-state index in [1.54, 1.807) is 18.2 Å². The summed E-state index contributed by atoms with van der Waals surface area (Å²) in [6.45, 7) is 8.11. The lowest BCUT2D eigenvalue weighted by molar-refractivity contribution is -0.144. The van der Waals surface area contributed by atoms with Crippen LogP contribution in [0.15, 0.2) is 24.3 Å². The first kappa shape index (κ1) is 17.5. The molecule has 5 heteroatoms. The zero-order valence-corrected chi connectivity index (χ0v) is 14.3. The first-order valence-electron chi connectivity index (χ1n) is 7.72. The highest BCUT2D eigenvalue weighted by Crippen LogP contribution is 2.38. The van der Waals surface area contributed by atoms with Gasteiger partial charge in [-0.2, -0.15) is 5.26 Å². The molecule has 1 heterocycles. The highest BCUT2D eigenvalue weighted by Gasteiger charge is 2.47. The Morgan fingerprint density at radius 3 is 2.65 bits per heavy atom. The van der Waals surface area contributed by atoms with E-state index in [9.17, 15) is 4.79 Å². The van der Waals surface area contributed by atoms with Crippen LogP contribution in [-0.2, 0) is 14.3 Å². The van der Waals surface area contributed by atoms with Gasteiger partial charge in [-0.25, -0.2) is 4.79 Å². The van der Waals surface area contributed by atoms with Crippen LogP contribution in [0.5, 0.6) is 0 Å². The van der Waals surface area contributed by atoms with Gasteiger partial charge in [-0.15, -0.1) is 0 Å². The van der Waals surface area contributed by atoms with E-state index < -0.39 is 11.6 Å². The lowest BCUT2D eigenvalue weighted by atomic mass is 9.92. The third-order valence-electron chi connectivity index (χ3n) is 4.23. The number of nitrogens with zero attached hydrogens (tertiary/aromatic N) is 1. The number of hydrogen-bond donors (Lipinski definition) is 1. The summed E-state index contributed by atoms with van der Waals surface area (Å²) in [7, 11) is 1.37. The predicted molar refractivity (Wildman–Crippen MR) is 86.7 cm³/mol. The molecule has 124 valence electrons. The Kier molecular flexibility index (Phi) is 4.79. The number of nitrogens with one attached hydrogen (secondary N) is 1. The number of methoxy groups -OCH3 is 1. The van der Waals surface area contributed by atoms with Crippen molar-refractivity contribution in [3.05, 3.63) is 35.4 Å². The molecule has 0 aliphatic carbocycles. The molecule has 5 nitrogen and oxygen atoms in total. The summed E-state index contributed by atoms with van der Waals surface area (Å²) in [6.07, 6.45) is 0.783. The van der Waals surface area contributed by atoms with Gasteiger partial charge in [0.2, 0.25) is 0 Å². The van der Waals surface area contributed by atoms with Crippen molar-refractivity contribution in [3.8, 4) is 6.07 Å². The number of ether oxygens (including phenoxy) is 2. The van der Waals surface area contributed by atoms with Gasteiger partial charge < -0.3 is 9.47 Å². The molecular formula is C18H24N2O3. The van der Waals surface area contributed by atoms with Crippen LogP contribution in [0.1, 0.15) is 51.3 Å². The van der Waals surface area contributed by atoms with Crippen LogP contribution in [-0.4, -0.2) is 30.3 Å². The molecule has 2 atom stereocenters. The molecule has 1 aliphatic rings. The SMILES string of the molecule is COC(=O)[C@H](N[C@@H]1CC(C)(C)OC1(C)C)c1cccc(C#N)c1. The quantitative estimate of drug-likeness (QED) is 0.865. The molecule has 1 saturated heterocycles. The summed E-state index contributed by atoms with van der Waals surface area (Å²) in [5.41, 5.74) is 0.579. The van der Waals surface area contributed by atoms with Crippen LogP contribution < -0.4 is 5.32 Å². The van der Waals surface area contributed by atoms with Gasteiger partial charge in [0.25, 0.3) is 0 Å². The zero-order chi connectivity index (χ0) is 17.3. The van der Waals surface area contributed by atoms with Crippen molar-refractivity contribution in [2.75, 3.05) is 7.11 Å². The molecule has 1 fully saturated rings. The van der Waals surface area contributed by atoms with Crippen molar-refractivity contribution in [1.29, 1.82) is 5.26 Å². The third kappa shape index (κ3) is 3.90. The number of carbonyl (C=O) groups is 1. The van der Waals surface area contributed by atoms with Gasteiger partial charge in [0.05, 0.1) is 29.9 Å². The molecule has 23 heavy (non-hydrogen) atoms. The molecule has 1 aliphatic heterocycles. The molecule has 0 aromatic heterocycles. The minimum absolute atomic E-state index is 0.00709. The maximum absolute atomic E-state index is 12.3. The van der Waals surface area contributed by atoms with Crippen LogP contribution in [0, 0.1) is 11.3 Å². The molecule has 0 spiro atoms. The Balaban J connectivity index is 2.30. The predicted octanol–water partition coefficient (Wildman–Crippen LogP) is 2.71. The van der Waals surface area contributed by atoms with E-state index in [4.69, 9.17) is 14.7 Å². The standard InChI is InChI=1S/C18H24N2O3/c1-17(2)10-14(18(3,4)23-17)20-15(16(21)22-5)13-8-6-7-12(9-13)11-19/h6-9,14-15,20H,10H2,1-5H3/t14-,15-/m1/s1. The Morgan fingerprint density at radius 1 is 1.43 bits per heavy atom. The first-order chi connectivity index (χ1) is 10.7. The highest BCUT2D eigenvalue weighted by molar-refractivity contribution is 5.77. The maximum atomic E-state index is 12.3. The first-order valence-corrected chi connectivity index (χ1v) is 7.72. The van der Waals surface area contributed by atoms with Crippen molar-refractivity contribution in [3.63, 3.8) is 0 Å². The third-order valence-corrected chi connectivity index (χ3v) is 4.23. The summed E-state index contributed by atoms with van der Waals surface area (Å²) < 4.78 is 11.0. The minimum atomic E-state index is -0.630. The number of hydrogen-bond acceptors (Lipinski definition) is 5. The molecule has 1 N–H and O–H groups in total. The van der Waals surface area contributed by atoms with Crippen LogP contribution in [0.3, 0.4) is 0 Å². The average molecular weight is 316 g/mol. The minimum Gasteiger partial charge on any atom is -0.468 e. The fraction of sp³-hybridized carbons (Fsp3) is 0.556. The molecular weight excluding hydrogens is 292 g/mol. The Hall–Kier alpha value is -1.90. The lowest BCUT2D eigenvalue weighted by Crippen LogP contribution is -2.47. The molecule has 0 unspecified atom stereocenters. The van der Waals surface area contributed by atoms with Crippen molar-refractivity contribution in [1.82, 2.24) is 5.32 Å². The van der Waals surface area contributed by atoms with Crippen LogP contribution in [0.2, 0.25) is 0 Å². The fourth-order valence-corrected chi connectivity index (χ4v) is 3.23. The van der Waals surface area contributed by atoms with Gasteiger partial charge in [0, 0.05) is 6.04 Å². The molecule has 1 aromatic carbocycles. The summed E-state index contributed by atoms with van der Waals surface area (Å²) in [4.78, 5) is 12.3. The zero-order valence-electron chi connectivity index (χ0n) is 14.3. The second kappa shape index (κ2) is 6.31. The number of rotatable bonds is 4. The summed E-state index contributed by atoms with van der Waals surface area (Å²) >= 11 is 0. The van der Waals surface area contributed by atoms with E-state index >= 15 is 0 Å². The van der Waals surface area contributed by atoms with Crippen LogP contribution >= 0.6 is 0 Å². The van der Waals surface area contributed by atoms with Gasteiger partial charge >= 0.3 is 5.97 Å². The average Bonchev–Trinajstić information content (AvgIpc) is 2.70. The summed E-state index contributed by atoms with van der Waals surface area (Å²) in [6, 6.07) is 8.48. The van der Waals surface area contributed by atoms with E-state index in [2.05, 4.69) is 11.4 Å². The van der Waals surface area contributed by atoms with Gasteiger partial charge in [0.1, 0.15) is 6.04 Å². The Morgan fingerprint density at radius 2 is 2.13 bits per heavy atom. The van der Waals surface area contributed by atoms with Gasteiger partial charge in [-0.05, 0) is 51.8 Å². The molecule has 1 aromatic rings. The number of nitriles is 1. The van der Waals surface area contributed by atoms with Crippen molar-refractivity contribution in [2.45, 2.75) is 57.4 Å². The van der Waals surface area contributed by atoms with Crippen LogP contribution in [0.25, 0.3) is 0 Å². The van der Waals surface area contributed by atoms with E-state index in [0.717, 1.165) is 12.0 Å². The fourth-order valence-electron chi connectivity index (χ4n) is 3.23. The number of esters is 1. The monoisotopic (exact) mass is 316 g/mol. The number of carbonyl (C=O) groups excluding carboxylic acids is 1. The molecule has 0 bridgehead atoms. The van der Waals surface area contributed by atoms with Crippen molar-refractivity contribution >= 4 is 5.97 Å². The second-order valence-electron chi connectivity index (χ2n) is 7.08. The van der Waals surface area contributed by atoms with Crippen molar-refractivity contribution in [2.24, 2.45) is 0 Å². The molecule has 0 amide bonds. The maximum Gasteiger partial charge on any atom is 0.327 e. The van der Waals surface area contributed by atoms with Gasteiger partial charge in [-0.1, -0.05) is 12.1 Å². The number of benzene rings is 1. The van der Waals surface area contributed by atoms with Crippen molar-refractivity contribution < 1.29 is 14.3 Å². The van der Waals surface area contributed by atoms with Crippen LogP contribution in [0.4, 0.5) is 0 Å². The summed E-state index contributed by atoms with van der Waals surface area (Å²) in [5, 5.41) is 12.4. The highest BCUT2D eigenvalue weighted by atomic mass is 16.5. The molecule has 0 radical (unpaired) electrons.